The van der Waals surface area contributed by atoms with Crippen molar-refractivity contribution in [2.75, 3.05) is 25.5 Å². The van der Waals surface area contributed by atoms with Crippen molar-refractivity contribution in [2.45, 2.75) is 6.04 Å². The van der Waals surface area contributed by atoms with Crippen LogP contribution in [-0.4, -0.2) is 38.1 Å². The molecule has 0 spiro atoms. The SMILES string of the molecule is COc1ccc(Br)c(NC(=O)C2CNC(=O)CN2)c1. The lowest BCUT2D eigenvalue weighted by atomic mass is 10.2. The van der Waals surface area contributed by atoms with Gasteiger partial charge < -0.3 is 15.4 Å². The Kier molecular flexibility index (Phi) is 4.39. The Balaban J connectivity index is 2.04. The van der Waals surface area contributed by atoms with Crippen LogP contribution >= 0.6 is 15.9 Å². The van der Waals surface area contributed by atoms with Crippen LogP contribution in [0, 0.1) is 0 Å². The fourth-order valence-electron chi connectivity index (χ4n) is 1.70. The summed E-state index contributed by atoms with van der Waals surface area (Å²) in [5, 5.41) is 8.29. The highest BCUT2D eigenvalue weighted by atomic mass is 79.9. The van der Waals surface area contributed by atoms with Gasteiger partial charge >= 0.3 is 0 Å². The molecule has 1 aromatic rings. The summed E-state index contributed by atoms with van der Waals surface area (Å²) in [5.74, 6) is 0.351. The van der Waals surface area contributed by atoms with Gasteiger partial charge in [0.25, 0.3) is 0 Å². The molecule has 2 amide bonds. The summed E-state index contributed by atoms with van der Waals surface area (Å²) in [6.45, 7) is 0.434. The van der Waals surface area contributed by atoms with E-state index in [-0.39, 0.29) is 24.9 Å². The summed E-state index contributed by atoms with van der Waals surface area (Å²) in [4.78, 5) is 23.0. The minimum Gasteiger partial charge on any atom is -0.497 e. The van der Waals surface area contributed by atoms with Crippen LogP contribution in [0.5, 0.6) is 5.75 Å². The maximum absolute atomic E-state index is 12.0. The molecule has 0 bridgehead atoms. The van der Waals surface area contributed by atoms with Gasteiger partial charge in [-0.3, -0.25) is 14.9 Å². The molecule has 1 aliphatic rings. The van der Waals surface area contributed by atoms with E-state index in [1.165, 1.54) is 0 Å². The minimum atomic E-state index is -0.434. The first-order valence-corrected chi connectivity index (χ1v) is 6.54. The number of carbonyl (C=O) groups excluding carboxylic acids is 2. The maximum atomic E-state index is 12.0. The van der Waals surface area contributed by atoms with E-state index in [9.17, 15) is 9.59 Å². The number of piperazine rings is 1. The molecule has 2 rings (SSSR count). The van der Waals surface area contributed by atoms with Gasteiger partial charge in [-0.25, -0.2) is 0 Å². The Bertz CT molecular complexity index is 497. The summed E-state index contributed by atoms with van der Waals surface area (Å²) in [7, 11) is 1.56. The third kappa shape index (κ3) is 3.45. The van der Waals surface area contributed by atoms with E-state index >= 15 is 0 Å². The van der Waals surface area contributed by atoms with E-state index in [2.05, 4.69) is 31.9 Å². The van der Waals surface area contributed by atoms with Crippen LogP contribution in [0.15, 0.2) is 22.7 Å². The summed E-state index contributed by atoms with van der Waals surface area (Å²) in [5.41, 5.74) is 0.628. The zero-order valence-corrected chi connectivity index (χ0v) is 11.9. The zero-order chi connectivity index (χ0) is 13.8. The number of anilines is 1. The maximum Gasteiger partial charge on any atom is 0.243 e. The standard InChI is InChI=1S/C12H14BrN3O3/c1-19-7-2-3-8(13)9(4-7)16-12(18)10-5-15-11(17)6-14-10/h2-4,10,14H,5-6H2,1H3,(H,15,17)(H,16,18). The fourth-order valence-corrected chi connectivity index (χ4v) is 2.04. The second kappa shape index (κ2) is 6.03. The van der Waals surface area contributed by atoms with E-state index in [4.69, 9.17) is 4.74 Å². The molecular weight excluding hydrogens is 314 g/mol. The number of benzene rings is 1. The Labute approximate surface area is 119 Å². The third-order valence-corrected chi connectivity index (χ3v) is 3.45. The van der Waals surface area contributed by atoms with E-state index in [0.717, 1.165) is 4.47 Å². The molecule has 1 unspecified atom stereocenters. The van der Waals surface area contributed by atoms with Crippen molar-refractivity contribution in [1.29, 1.82) is 0 Å². The quantitative estimate of drug-likeness (QED) is 0.754. The van der Waals surface area contributed by atoms with Gasteiger partial charge in [-0.1, -0.05) is 0 Å². The van der Waals surface area contributed by atoms with Crippen molar-refractivity contribution in [2.24, 2.45) is 0 Å². The molecule has 1 fully saturated rings. The van der Waals surface area contributed by atoms with Gasteiger partial charge in [0.15, 0.2) is 0 Å². The summed E-state index contributed by atoms with van der Waals surface area (Å²) in [6.07, 6.45) is 0. The molecule has 0 aliphatic carbocycles. The molecule has 0 radical (unpaired) electrons. The smallest absolute Gasteiger partial charge is 0.243 e. The lowest BCUT2D eigenvalue weighted by Crippen LogP contribution is -2.56. The van der Waals surface area contributed by atoms with Gasteiger partial charge in [-0.2, -0.15) is 0 Å². The third-order valence-electron chi connectivity index (χ3n) is 2.76. The lowest BCUT2D eigenvalue weighted by Gasteiger charge is -2.23. The molecule has 1 atom stereocenters. The topological polar surface area (TPSA) is 79.5 Å². The predicted molar refractivity (Wildman–Crippen MR) is 74.1 cm³/mol. The molecule has 1 heterocycles. The number of hydrogen-bond acceptors (Lipinski definition) is 4. The highest BCUT2D eigenvalue weighted by molar-refractivity contribution is 9.10. The van der Waals surface area contributed by atoms with Crippen molar-refractivity contribution < 1.29 is 14.3 Å². The van der Waals surface area contributed by atoms with Crippen molar-refractivity contribution in [3.63, 3.8) is 0 Å². The molecule has 6 nitrogen and oxygen atoms in total. The first-order valence-electron chi connectivity index (χ1n) is 5.74. The molecule has 1 saturated heterocycles. The van der Waals surface area contributed by atoms with E-state index in [1.54, 1.807) is 25.3 Å². The number of nitrogens with one attached hydrogen (secondary N) is 3. The average molecular weight is 328 g/mol. The number of rotatable bonds is 3. The minimum absolute atomic E-state index is 0.105. The Morgan fingerprint density at radius 2 is 2.32 bits per heavy atom. The van der Waals surface area contributed by atoms with E-state index < -0.39 is 6.04 Å². The van der Waals surface area contributed by atoms with Gasteiger partial charge in [0.1, 0.15) is 11.8 Å². The number of hydrogen-bond donors (Lipinski definition) is 3. The molecule has 0 aromatic heterocycles. The van der Waals surface area contributed by atoms with Crippen molar-refractivity contribution >= 4 is 33.4 Å². The summed E-state index contributed by atoms with van der Waals surface area (Å²) in [6, 6.07) is 4.88. The number of halogens is 1. The monoisotopic (exact) mass is 327 g/mol. The first kappa shape index (κ1) is 13.8. The van der Waals surface area contributed by atoms with Crippen LogP contribution in [0.3, 0.4) is 0 Å². The number of carbonyl (C=O) groups is 2. The summed E-state index contributed by atoms with van der Waals surface area (Å²) < 4.78 is 5.87. The van der Waals surface area contributed by atoms with Gasteiger partial charge in [-0.05, 0) is 28.1 Å². The van der Waals surface area contributed by atoms with Crippen LogP contribution < -0.4 is 20.7 Å². The average Bonchev–Trinajstić information content (AvgIpc) is 2.42. The highest BCUT2D eigenvalue weighted by Gasteiger charge is 2.24. The second-order valence-electron chi connectivity index (χ2n) is 4.07. The van der Waals surface area contributed by atoms with Crippen LogP contribution in [-0.2, 0) is 9.59 Å². The first-order chi connectivity index (χ1) is 9.10. The molecule has 102 valence electrons. The Morgan fingerprint density at radius 3 is 2.95 bits per heavy atom. The molecule has 3 N–H and O–H groups in total. The molecule has 19 heavy (non-hydrogen) atoms. The molecule has 7 heteroatoms. The van der Waals surface area contributed by atoms with Crippen LogP contribution in [0.2, 0.25) is 0 Å². The highest BCUT2D eigenvalue weighted by Crippen LogP contribution is 2.27. The molecular formula is C12H14BrN3O3. The van der Waals surface area contributed by atoms with Crippen molar-refractivity contribution in [1.82, 2.24) is 10.6 Å². The lowest BCUT2D eigenvalue weighted by molar-refractivity contribution is -0.124. The van der Waals surface area contributed by atoms with E-state index in [1.807, 2.05) is 0 Å². The van der Waals surface area contributed by atoms with Crippen LogP contribution in [0.25, 0.3) is 0 Å². The molecule has 1 aliphatic heterocycles. The number of amides is 2. The molecule has 1 aromatic carbocycles. The van der Waals surface area contributed by atoms with Gasteiger partial charge in [0.2, 0.25) is 11.8 Å². The predicted octanol–water partition coefficient (Wildman–Crippen LogP) is 0.484. The van der Waals surface area contributed by atoms with Gasteiger partial charge in [-0.15, -0.1) is 0 Å². The second-order valence-corrected chi connectivity index (χ2v) is 4.93. The van der Waals surface area contributed by atoms with Crippen LogP contribution in [0.1, 0.15) is 0 Å². The summed E-state index contributed by atoms with van der Waals surface area (Å²) >= 11 is 3.36. The Morgan fingerprint density at radius 1 is 1.53 bits per heavy atom. The van der Waals surface area contributed by atoms with Gasteiger partial charge in [0, 0.05) is 17.1 Å². The zero-order valence-electron chi connectivity index (χ0n) is 10.3. The normalized spacial score (nSPS) is 18.6. The van der Waals surface area contributed by atoms with E-state index in [0.29, 0.717) is 11.4 Å². The van der Waals surface area contributed by atoms with Crippen molar-refractivity contribution in [3.8, 4) is 5.75 Å². The number of methoxy groups -OCH3 is 1. The fraction of sp³-hybridized carbons (Fsp3) is 0.333. The number of ether oxygens (including phenoxy) is 1. The molecule has 0 saturated carbocycles. The van der Waals surface area contributed by atoms with Crippen LogP contribution in [0.4, 0.5) is 5.69 Å². The largest absolute Gasteiger partial charge is 0.497 e. The Hall–Kier alpha value is -1.60. The van der Waals surface area contributed by atoms with Crippen molar-refractivity contribution in [3.05, 3.63) is 22.7 Å². The van der Waals surface area contributed by atoms with Gasteiger partial charge in [0.05, 0.1) is 19.3 Å².